The first kappa shape index (κ1) is 10.8. The molecule has 0 aliphatic rings. The predicted octanol–water partition coefficient (Wildman–Crippen LogP) is 1.52. The van der Waals surface area contributed by atoms with Crippen LogP contribution in [0.25, 0.3) is 0 Å². The molecule has 0 aliphatic carbocycles. The highest BCUT2D eigenvalue weighted by atomic mass is 35.5. The van der Waals surface area contributed by atoms with Gasteiger partial charge in [0.2, 0.25) is 0 Å². The molecule has 0 saturated carbocycles. The van der Waals surface area contributed by atoms with Crippen LogP contribution < -0.4 is 5.73 Å². The molecule has 76 valence electrons. The Morgan fingerprint density at radius 3 is 2.79 bits per heavy atom. The fraction of sp³-hybridized carbons (Fsp3) is 0.222. The SMILES string of the molecule is NC(CC(=O)O)c1cc(O)ccc1Cl. The van der Waals surface area contributed by atoms with Gasteiger partial charge in [-0.25, -0.2) is 0 Å². The molecule has 0 heterocycles. The van der Waals surface area contributed by atoms with Gasteiger partial charge in [0.15, 0.2) is 0 Å². The van der Waals surface area contributed by atoms with Crippen LogP contribution in [0.2, 0.25) is 5.02 Å². The summed E-state index contributed by atoms with van der Waals surface area (Å²) in [6, 6.07) is 3.57. The molecule has 0 aromatic heterocycles. The lowest BCUT2D eigenvalue weighted by Crippen LogP contribution is -2.15. The van der Waals surface area contributed by atoms with Crippen LogP contribution in [0.15, 0.2) is 18.2 Å². The number of phenols is 1. The van der Waals surface area contributed by atoms with Crippen molar-refractivity contribution in [3.05, 3.63) is 28.8 Å². The van der Waals surface area contributed by atoms with Gasteiger partial charge < -0.3 is 15.9 Å². The molecule has 0 aliphatic heterocycles. The molecular weight excluding hydrogens is 206 g/mol. The standard InChI is InChI=1S/C9H10ClNO3/c10-7-2-1-5(12)3-6(7)8(11)4-9(13)14/h1-3,8,12H,4,11H2,(H,13,14). The Labute approximate surface area is 85.9 Å². The summed E-state index contributed by atoms with van der Waals surface area (Å²) < 4.78 is 0. The molecule has 14 heavy (non-hydrogen) atoms. The minimum absolute atomic E-state index is 0.0187. The van der Waals surface area contributed by atoms with Gasteiger partial charge in [-0.05, 0) is 23.8 Å². The van der Waals surface area contributed by atoms with Gasteiger partial charge >= 0.3 is 5.97 Å². The van der Waals surface area contributed by atoms with Gasteiger partial charge in [-0.3, -0.25) is 4.79 Å². The lowest BCUT2D eigenvalue weighted by molar-refractivity contribution is -0.137. The number of rotatable bonds is 3. The Bertz CT molecular complexity index is 354. The summed E-state index contributed by atoms with van der Waals surface area (Å²) in [7, 11) is 0. The van der Waals surface area contributed by atoms with Gasteiger partial charge in [-0.1, -0.05) is 11.6 Å². The monoisotopic (exact) mass is 215 g/mol. The van der Waals surface area contributed by atoms with Crippen LogP contribution in [0.1, 0.15) is 18.0 Å². The second-order valence-corrected chi connectivity index (χ2v) is 3.32. The van der Waals surface area contributed by atoms with E-state index < -0.39 is 12.0 Å². The molecule has 1 rings (SSSR count). The molecular formula is C9H10ClNO3. The van der Waals surface area contributed by atoms with Crippen molar-refractivity contribution < 1.29 is 15.0 Å². The van der Waals surface area contributed by atoms with E-state index >= 15 is 0 Å². The van der Waals surface area contributed by atoms with Gasteiger partial charge in [-0.2, -0.15) is 0 Å². The van der Waals surface area contributed by atoms with Crippen molar-refractivity contribution in [2.45, 2.75) is 12.5 Å². The number of carbonyl (C=O) groups is 1. The first-order chi connectivity index (χ1) is 6.50. The lowest BCUT2D eigenvalue weighted by Gasteiger charge is -2.11. The third-order valence-electron chi connectivity index (χ3n) is 1.77. The molecule has 4 N–H and O–H groups in total. The Balaban J connectivity index is 2.93. The summed E-state index contributed by atoms with van der Waals surface area (Å²) in [6.07, 6.45) is -0.219. The van der Waals surface area contributed by atoms with Crippen molar-refractivity contribution in [3.8, 4) is 5.75 Å². The number of benzene rings is 1. The van der Waals surface area contributed by atoms with E-state index in [1.807, 2.05) is 0 Å². The molecule has 0 spiro atoms. The third kappa shape index (κ3) is 2.61. The van der Waals surface area contributed by atoms with E-state index in [1.54, 1.807) is 0 Å². The molecule has 0 saturated heterocycles. The van der Waals surface area contributed by atoms with E-state index in [0.29, 0.717) is 10.6 Å². The zero-order valence-corrected chi connectivity index (χ0v) is 8.03. The van der Waals surface area contributed by atoms with E-state index in [-0.39, 0.29) is 12.2 Å². The first-order valence-corrected chi connectivity index (χ1v) is 4.34. The summed E-state index contributed by atoms with van der Waals surface area (Å²) in [5, 5.41) is 18.0. The Morgan fingerprint density at radius 2 is 2.21 bits per heavy atom. The maximum atomic E-state index is 10.4. The third-order valence-corrected chi connectivity index (χ3v) is 2.12. The average Bonchev–Trinajstić information content (AvgIpc) is 2.08. The maximum absolute atomic E-state index is 10.4. The number of hydrogen-bond donors (Lipinski definition) is 3. The van der Waals surface area contributed by atoms with Crippen LogP contribution in [0.3, 0.4) is 0 Å². The molecule has 0 bridgehead atoms. The summed E-state index contributed by atoms with van der Waals surface area (Å²) in [6.45, 7) is 0. The highest BCUT2D eigenvalue weighted by Crippen LogP contribution is 2.27. The lowest BCUT2D eigenvalue weighted by atomic mass is 10.0. The quantitative estimate of drug-likeness (QED) is 0.714. The van der Waals surface area contributed by atoms with Gasteiger partial charge in [-0.15, -0.1) is 0 Å². The molecule has 1 atom stereocenters. The Hall–Kier alpha value is -1.26. The highest BCUT2D eigenvalue weighted by Gasteiger charge is 2.14. The normalized spacial score (nSPS) is 12.4. The number of nitrogens with two attached hydrogens (primary N) is 1. The summed E-state index contributed by atoms with van der Waals surface area (Å²) in [5.41, 5.74) is 6.03. The summed E-state index contributed by atoms with van der Waals surface area (Å²) in [4.78, 5) is 10.4. The Kier molecular flexibility index (Phi) is 3.33. The van der Waals surface area contributed by atoms with E-state index in [2.05, 4.69) is 0 Å². The van der Waals surface area contributed by atoms with Gasteiger partial charge in [0, 0.05) is 11.1 Å². The van der Waals surface area contributed by atoms with E-state index in [9.17, 15) is 4.79 Å². The number of aromatic hydroxyl groups is 1. The van der Waals surface area contributed by atoms with Crippen molar-refractivity contribution in [2.24, 2.45) is 5.73 Å². The van der Waals surface area contributed by atoms with Gasteiger partial charge in [0.1, 0.15) is 5.75 Å². The van der Waals surface area contributed by atoms with E-state index in [4.69, 9.17) is 27.5 Å². The van der Waals surface area contributed by atoms with Gasteiger partial charge in [0.05, 0.1) is 6.42 Å². The zero-order chi connectivity index (χ0) is 10.7. The second-order valence-electron chi connectivity index (χ2n) is 2.91. The van der Waals surface area contributed by atoms with Crippen LogP contribution >= 0.6 is 11.6 Å². The zero-order valence-electron chi connectivity index (χ0n) is 7.27. The molecule has 0 radical (unpaired) electrons. The number of halogens is 1. The van der Waals surface area contributed by atoms with Crippen molar-refractivity contribution in [2.75, 3.05) is 0 Å². The maximum Gasteiger partial charge on any atom is 0.305 e. The number of phenolic OH excluding ortho intramolecular Hbond substituents is 1. The molecule has 0 amide bonds. The van der Waals surface area contributed by atoms with Crippen molar-refractivity contribution in [1.29, 1.82) is 0 Å². The number of carboxylic acid groups (broad SMARTS) is 1. The smallest absolute Gasteiger partial charge is 0.305 e. The summed E-state index contributed by atoms with van der Waals surface area (Å²) in [5.74, 6) is -0.984. The largest absolute Gasteiger partial charge is 0.508 e. The predicted molar refractivity (Wildman–Crippen MR) is 52.3 cm³/mol. The van der Waals surface area contributed by atoms with Gasteiger partial charge in [0.25, 0.3) is 0 Å². The highest BCUT2D eigenvalue weighted by molar-refractivity contribution is 6.31. The minimum Gasteiger partial charge on any atom is -0.508 e. The molecule has 5 heteroatoms. The number of carboxylic acids is 1. The van der Waals surface area contributed by atoms with E-state index in [1.165, 1.54) is 18.2 Å². The van der Waals surface area contributed by atoms with Crippen molar-refractivity contribution >= 4 is 17.6 Å². The van der Waals surface area contributed by atoms with Crippen LogP contribution in [0, 0.1) is 0 Å². The Morgan fingerprint density at radius 1 is 1.57 bits per heavy atom. The van der Waals surface area contributed by atoms with Crippen molar-refractivity contribution in [3.63, 3.8) is 0 Å². The van der Waals surface area contributed by atoms with Crippen LogP contribution in [0.5, 0.6) is 5.75 Å². The first-order valence-electron chi connectivity index (χ1n) is 3.96. The molecule has 4 nitrogen and oxygen atoms in total. The average molecular weight is 216 g/mol. The number of hydrogen-bond acceptors (Lipinski definition) is 3. The molecule has 0 fully saturated rings. The second kappa shape index (κ2) is 4.30. The van der Waals surface area contributed by atoms with Crippen LogP contribution in [0.4, 0.5) is 0 Å². The topological polar surface area (TPSA) is 83.6 Å². The molecule has 1 aromatic carbocycles. The fourth-order valence-electron chi connectivity index (χ4n) is 1.11. The van der Waals surface area contributed by atoms with Crippen LogP contribution in [-0.4, -0.2) is 16.2 Å². The van der Waals surface area contributed by atoms with E-state index in [0.717, 1.165) is 0 Å². The molecule has 1 aromatic rings. The molecule has 1 unspecified atom stereocenters. The van der Waals surface area contributed by atoms with Crippen LogP contribution in [-0.2, 0) is 4.79 Å². The number of aliphatic carboxylic acids is 1. The van der Waals surface area contributed by atoms with Crippen molar-refractivity contribution in [1.82, 2.24) is 0 Å². The fourth-order valence-corrected chi connectivity index (χ4v) is 1.37. The minimum atomic E-state index is -1.00. The summed E-state index contributed by atoms with van der Waals surface area (Å²) >= 11 is 5.79.